The molecule has 0 spiro atoms. The van der Waals surface area contributed by atoms with Crippen molar-refractivity contribution in [2.45, 2.75) is 0 Å². The highest BCUT2D eigenvalue weighted by molar-refractivity contribution is 6.04. The number of aromatic nitrogens is 2. The number of ether oxygens (including phenoxy) is 3. The monoisotopic (exact) mass is 398 g/mol. The molecule has 1 aromatic heterocycles. The summed E-state index contributed by atoms with van der Waals surface area (Å²) in [6.07, 6.45) is 2.42. The van der Waals surface area contributed by atoms with Crippen LogP contribution in [0, 0.1) is 10.1 Å². The molecule has 3 rings (SSSR count). The van der Waals surface area contributed by atoms with Crippen molar-refractivity contribution < 1.29 is 23.9 Å². The molecule has 150 valence electrons. The van der Waals surface area contributed by atoms with Gasteiger partial charge in [-0.1, -0.05) is 6.07 Å². The van der Waals surface area contributed by atoms with E-state index >= 15 is 0 Å². The van der Waals surface area contributed by atoms with Crippen molar-refractivity contribution in [3.05, 3.63) is 64.5 Å². The Morgan fingerprint density at radius 2 is 1.79 bits per heavy atom. The number of anilines is 1. The van der Waals surface area contributed by atoms with Gasteiger partial charge in [0.25, 0.3) is 5.91 Å². The van der Waals surface area contributed by atoms with Crippen LogP contribution in [0.25, 0.3) is 5.69 Å². The molecule has 0 fully saturated rings. The Kier molecular flexibility index (Phi) is 5.63. The maximum Gasteiger partial charge on any atom is 0.307 e. The lowest BCUT2D eigenvalue weighted by Gasteiger charge is -2.14. The molecular formula is C19H18N4O6. The van der Waals surface area contributed by atoms with Crippen molar-refractivity contribution in [3.8, 4) is 22.9 Å². The number of methoxy groups -OCH3 is 3. The van der Waals surface area contributed by atoms with Gasteiger partial charge in [0, 0.05) is 23.4 Å². The lowest BCUT2D eigenvalue weighted by Crippen LogP contribution is -2.13. The zero-order chi connectivity index (χ0) is 21.0. The normalized spacial score (nSPS) is 10.3. The van der Waals surface area contributed by atoms with Crippen LogP contribution >= 0.6 is 0 Å². The Bertz CT molecular complexity index is 1040. The molecule has 0 radical (unpaired) electrons. The smallest absolute Gasteiger partial charge is 0.307 e. The Morgan fingerprint density at radius 3 is 2.34 bits per heavy atom. The third-order valence-corrected chi connectivity index (χ3v) is 4.08. The lowest BCUT2D eigenvalue weighted by atomic mass is 10.1. The molecule has 0 aliphatic heterocycles. The molecule has 3 aromatic rings. The number of rotatable bonds is 7. The van der Waals surface area contributed by atoms with E-state index in [-0.39, 0.29) is 11.6 Å². The van der Waals surface area contributed by atoms with Crippen LogP contribution in [0.15, 0.2) is 48.8 Å². The van der Waals surface area contributed by atoms with Crippen LogP contribution in [0.2, 0.25) is 0 Å². The molecule has 0 bridgehead atoms. The minimum Gasteiger partial charge on any atom is -0.493 e. The first-order chi connectivity index (χ1) is 14.0. The fraction of sp³-hybridized carbons (Fsp3) is 0.158. The third kappa shape index (κ3) is 4.10. The van der Waals surface area contributed by atoms with Crippen molar-refractivity contribution >= 4 is 17.3 Å². The summed E-state index contributed by atoms with van der Waals surface area (Å²) in [6, 6.07) is 9.76. The quantitative estimate of drug-likeness (QED) is 0.480. The Labute approximate surface area is 165 Å². The van der Waals surface area contributed by atoms with Crippen molar-refractivity contribution in [2.75, 3.05) is 26.6 Å². The van der Waals surface area contributed by atoms with Gasteiger partial charge in [0.15, 0.2) is 11.5 Å². The van der Waals surface area contributed by atoms with E-state index in [0.717, 1.165) is 6.20 Å². The van der Waals surface area contributed by atoms with Crippen molar-refractivity contribution in [1.82, 2.24) is 9.78 Å². The minimum atomic E-state index is -0.537. The van der Waals surface area contributed by atoms with Gasteiger partial charge in [-0.25, -0.2) is 4.68 Å². The Morgan fingerprint density at radius 1 is 1.10 bits per heavy atom. The number of nitrogens with zero attached hydrogens (tertiary/aromatic N) is 3. The number of nitrogens with one attached hydrogen (secondary N) is 1. The summed E-state index contributed by atoms with van der Waals surface area (Å²) >= 11 is 0. The second kappa shape index (κ2) is 8.30. The van der Waals surface area contributed by atoms with E-state index in [1.54, 1.807) is 36.4 Å². The molecule has 1 amide bonds. The number of hydrogen-bond acceptors (Lipinski definition) is 7. The maximum absolute atomic E-state index is 12.7. The maximum atomic E-state index is 12.7. The topological polar surface area (TPSA) is 118 Å². The molecule has 10 heteroatoms. The molecule has 29 heavy (non-hydrogen) atoms. The summed E-state index contributed by atoms with van der Waals surface area (Å²) in [5, 5.41) is 17.6. The zero-order valence-electron chi connectivity index (χ0n) is 15.9. The first-order valence-corrected chi connectivity index (χ1v) is 8.37. The van der Waals surface area contributed by atoms with Crippen LogP contribution in [0.5, 0.6) is 17.2 Å². The molecule has 0 aliphatic rings. The highest BCUT2D eigenvalue weighted by Gasteiger charge is 2.16. The van der Waals surface area contributed by atoms with E-state index in [1.165, 1.54) is 32.2 Å². The summed E-state index contributed by atoms with van der Waals surface area (Å²) < 4.78 is 17.2. The summed E-state index contributed by atoms with van der Waals surface area (Å²) in [5.41, 5.74) is 1.16. The van der Waals surface area contributed by atoms with E-state index in [2.05, 4.69) is 10.4 Å². The number of nitro groups is 1. The van der Waals surface area contributed by atoms with E-state index in [9.17, 15) is 14.9 Å². The van der Waals surface area contributed by atoms with Gasteiger partial charge in [0.1, 0.15) is 12.4 Å². The van der Waals surface area contributed by atoms with Gasteiger partial charge in [-0.05, 0) is 18.2 Å². The van der Waals surface area contributed by atoms with Crippen LogP contribution in [0.1, 0.15) is 10.4 Å². The summed E-state index contributed by atoms with van der Waals surface area (Å²) in [4.78, 5) is 23.0. The third-order valence-electron chi connectivity index (χ3n) is 4.08. The molecule has 0 aliphatic carbocycles. The van der Waals surface area contributed by atoms with Crippen LogP contribution in [-0.2, 0) is 0 Å². The van der Waals surface area contributed by atoms with E-state index in [1.807, 2.05) is 0 Å². The summed E-state index contributed by atoms with van der Waals surface area (Å²) in [7, 11) is 4.45. The fourth-order valence-corrected chi connectivity index (χ4v) is 2.69. The first kappa shape index (κ1) is 19.7. The fourth-order valence-electron chi connectivity index (χ4n) is 2.69. The van der Waals surface area contributed by atoms with Gasteiger partial charge in [0.2, 0.25) is 5.75 Å². The van der Waals surface area contributed by atoms with E-state index in [0.29, 0.717) is 34.2 Å². The number of amides is 1. The van der Waals surface area contributed by atoms with Crippen molar-refractivity contribution in [2.24, 2.45) is 0 Å². The molecule has 1 heterocycles. The van der Waals surface area contributed by atoms with Crippen LogP contribution in [0.4, 0.5) is 11.4 Å². The average Bonchev–Trinajstić information content (AvgIpc) is 3.23. The minimum absolute atomic E-state index is 0.141. The molecule has 0 atom stereocenters. The SMILES string of the molecule is COc1cc(NC(=O)c2cccc(-n3cc([N+](=O)[O-])cn3)c2)cc(OC)c1OC. The molecule has 1 N–H and O–H groups in total. The molecule has 0 saturated carbocycles. The highest BCUT2D eigenvalue weighted by Crippen LogP contribution is 2.40. The van der Waals surface area contributed by atoms with Gasteiger partial charge in [-0.15, -0.1) is 0 Å². The number of carbonyl (C=O) groups excluding carboxylic acids is 1. The van der Waals surface area contributed by atoms with Gasteiger partial charge in [-0.3, -0.25) is 14.9 Å². The predicted octanol–water partition coefficient (Wildman–Crippen LogP) is 3.06. The predicted molar refractivity (Wildman–Crippen MR) is 104 cm³/mol. The molecule has 2 aromatic carbocycles. The number of carbonyl (C=O) groups is 1. The summed E-state index contributed by atoms with van der Waals surface area (Å²) in [5.74, 6) is 0.831. The van der Waals surface area contributed by atoms with Crippen molar-refractivity contribution in [1.29, 1.82) is 0 Å². The van der Waals surface area contributed by atoms with Crippen LogP contribution in [0.3, 0.4) is 0 Å². The van der Waals surface area contributed by atoms with Gasteiger partial charge >= 0.3 is 5.69 Å². The number of hydrogen-bond donors (Lipinski definition) is 1. The largest absolute Gasteiger partial charge is 0.493 e. The highest BCUT2D eigenvalue weighted by atomic mass is 16.6. The van der Waals surface area contributed by atoms with Crippen LogP contribution < -0.4 is 19.5 Å². The summed E-state index contributed by atoms with van der Waals surface area (Å²) in [6.45, 7) is 0. The van der Waals surface area contributed by atoms with Gasteiger partial charge < -0.3 is 19.5 Å². The Hall–Kier alpha value is -4.08. The average molecular weight is 398 g/mol. The molecular weight excluding hydrogens is 380 g/mol. The van der Waals surface area contributed by atoms with Crippen LogP contribution in [-0.4, -0.2) is 41.9 Å². The zero-order valence-corrected chi connectivity index (χ0v) is 15.9. The van der Waals surface area contributed by atoms with Crippen molar-refractivity contribution in [3.63, 3.8) is 0 Å². The van der Waals surface area contributed by atoms with E-state index < -0.39 is 4.92 Å². The lowest BCUT2D eigenvalue weighted by molar-refractivity contribution is -0.384. The molecule has 10 nitrogen and oxygen atoms in total. The Balaban J connectivity index is 1.87. The molecule has 0 saturated heterocycles. The number of benzene rings is 2. The second-order valence-electron chi connectivity index (χ2n) is 5.82. The standard InChI is InChI=1S/C19H18N4O6/c1-27-16-8-13(9-17(28-2)18(16)29-3)21-19(24)12-5-4-6-14(7-12)22-11-15(10-20-22)23(25)26/h4-11H,1-3H3,(H,21,24). The second-order valence-corrected chi connectivity index (χ2v) is 5.82. The van der Waals surface area contributed by atoms with Gasteiger partial charge in [-0.2, -0.15) is 5.10 Å². The molecule has 0 unspecified atom stereocenters. The van der Waals surface area contributed by atoms with Gasteiger partial charge in [0.05, 0.1) is 31.9 Å². The van der Waals surface area contributed by atoms with E-state index in [4.69, 9.17) is 14.2 Å². The first-order valence-electron chi connectivity index (χ1n) is 8.37.